The number of rotatable bonds is 6. The molecule has 0 N–H and O–H groups in total. The van der Waals surface area contributed by atoms with Crippen LogP contribution in [-0.4, -0.2) is 37.2 Å². The molecule has 1 aromatic carbocycles. The molecule has 4 nitrogen and oxygen atoms in total. The molecule has 0 spiro atoms. The molecule has 104 valence electrons. The summed E-state index contributed by atoms with van der Waals surface area (Å²) in [6, 6.07) is 7.62. The Kier molecular flexibility index (Phi) is 4.56. The van der Waals surface area contributed by atoms with E-state index >= 15 is 0 Å². The van der Waals surface area contributed by atoms with Crippen molar-refractivity contribution in [3.05, 3.63) is 35.4 Å². The second-order valence-corrected chi connectivity index (χ2v) is 4.95. The average Bonchev–Trinajstić information content (AvgIpc) is 2.67. The lowest BCUT2D eigenvalue weighted by Crippen LogP contribution is -2.30. The van der Waals surface area contributed by atoms with E-state index in [-0.39, 0.29) is 18.2 Å². The first-order valence-electron chi connectivity index (χ1n) is 6.69. The summed E-state index contributed by atoms with van der Waals surface area (Å²) in [5, 5.41) is 0. The summed E-state index contributed by atoms with van der Waals surface area (Å²) in [4.78, 5) is 14.1. The molecule has 4 heteroatoms. The van der Waals surface area contributed by atoms with Gasteiger partial charge in [0.05, 0.1) is 6.10 Å². The number of methoxy groups -OCH3 is 1. The Hall–Kier alpha value is -1.39. The summed E-state index contributed by atoms with van der Waals surface area (Å²) in [6.45, 7) is 5.33. The van der Waals surface area contributed by atoms with Crippen LogP contribution in [0.5, 0.6) is 0 Å². The molecule has 0 fully saturated rings. The highest BCUT2D eigenvalue weighted by Gasteiger charge is 2.35. The lowest BCUT2D eigenvalue weighted by atomic mass is 10.1. The van der Waals surface area contributed by atoms with Gasteiger partial charge in [-0.05, 0) is 26.3 Å². The normalized spacial score (nSPS) is 18.2. The minimum absolute atomic E-state index is 0.0481. The molecule has 0 bridgehead atoms. The van der Waals surface area contributed by atoms with E-state index in [9.17, 15) is 4.79 Å². The van der Waals surface area contributed by atoms with Crippen LogP contribution < -0.4 is 0 Å². The maximum Gasteiger partial charge on any atom is 0.256 e. The second-order valence-electron chi connectivity index (χ2n) is 4.95. The van der Waals surface area contributed by atoms with Gasteiger partial charge in [-0.3, -0.25) is 4.79 Å². The zero-order valence-electron chi connectivity index (χ0n) is 11.8. The smallest absolute Gasteiger partial charge is 0.256 e. The Bertz CT molecular complexity index is 445. The summed E-state index contributed by atoms with van der Waals surface area (Å²) >= 11 is 0. The molecular weight excluding hydrogens is 242 g/mol. The molecule has 0 saturated heterocycles. The third-order valence-electron chi connectivity index (χ3n) is 3.22. The molecule has 2 rings (SSSR count). The number of ether oxygens (including phenoxy) is 2. The standard InChI is InChI=1S/C15H21NO3/c1-11(2)19-10-6-9-16-14(17)12-7-4-5-8-13(12)15(16)18-3/h4-5,7-8,11,15H,6,9-10H2,1-3H3/t15-/m1/s1. The largest absolute Gasteiger partial charge is 0.379 e. The molecular formula is C15H21NO3. The first-order valence-corrected chi connectivity index (χ1v) is 6.69. The van der Waals surface area contributed by atoms with Crippen LogP contribution in [0.4, 0.5) is 0 Å². The molecule has 1 aliphatic rings. The second kappa shape index (κ2) is 6.17. The number of carbonyl (C=O) groups excluding carboxylic acids is 1. The van der Waals surface area contributed by atoms with Crippen LogP contribution in [0.15, 0.2) is 24.3 Å². The van der Waals surface area contributed by atoms with E-state index in [0.29, 0.717) is 13.2 Å². The van der Waals surface area contributed by atoms with Gasteiger partial charge < -0.3 is 14.4 Å². The van der Waals surface area contributed by atoms with Crippen molar-refractivity contribution in [2.45, 2.75) is 32.6 Å². The summed E-state index contributed by atoms with van der Waals surface area (Å²) in [6.07, 6.45) is 0.782. The van der Waals surface area contributed by atoms with Gasteiger partial charge in [0, 0.05) is 31.4 Å². The first-order chi connectivity index (χ1) is 9.15. The molecule has 1 amide bonds. The zero-order valence-corrected chi connectivity index (χ0v) is 11.8. The predicted molar refractivity (Wildman–Crippen MR) is 72.9 cm³/mol. The predicted octanol–water partition coefficient (Wildman–Crippen LogP) is 2.60. The fraction of sp³-hybridized carbons (Fsp3) is 0.533. The van der Waals surface area contributed by atoms with E-state index in [2.05, 4.69) is 0 Å². The Morgan fingerprint density at radius 2 is 2.05 bits per heavy atom. The highest BCUT2D eigenvalue weighted by atomic mass is 16.5. The topological polar surface area (TPSA) is 38.8 Å². The van der Waals surface area contributed by atoms with Gasteiger partial charge in [-0.15, -0.1) is 0 Å². The van der Waals surface area contributed by atoms with E-state index in [1.807, 2.05) is 38.1 Å². The Labute approximate surface area is 114 Å². The number of hydrogen-bond acceptors (Lipinski definition) is 3. The first kappa shape index (κ1) is 14.0. The fourth-order valence-corrected chi connectivity index (χ4v) is 2.36. The summed E-state index contributed by atoms with van der Waals surface area (Å²) in [5.74, 6) is 0.0481. The third kappa shape index (κ3) is 2.96. The van der Waals surface area contributed by atoms with Crippen LogP contribution in [0.3, 0.4) is 0 Å². The van der Waals surface area contributed by atoms with Gasteiger partial charge in [-0.1, -0.05) is 18.2 Å². The molecule has 0 saturated carbocycles. The Morgan fingerprint density at radius 3 is 2.74 bits per heavy atom. The monoisotopic (exact) mass is 263 g/mol. The van der Waals surface area contributed by atoms with Crippen LogP contribution in [-0.2, 0) is 9.47 Å². The number of amides is 1. The minimum atomic E-state index is -0.261. The molecule has 0 radical (unpaired) electrons. The Balaban J connectivity index is 2.00. The molecule has 1 aromatic rings. The molecule has 1 heterocycles. The quantitative estimate of drug-likeness (QED) is 0.740. The van der Waals surface area contributed by atoms with Crippen LogP contribution >= 0.6 is 0 Å². The number of carbonyl (C=O) groups is 1. The minimum Gasteiger partial charge on any atom is -0.379 e. The van der Waals surface area contributed by atoms with E-state index < -0.39 is 0 Å². The van der Waals surface area contributed by atoms with Gasteiger partial charge in [0.2, 0.25) is 0 Å². The van der Waals surface area contributed by atoms with Gasteiger partial charge >= 0.3 is 0 Å². The van der Waals surface area contributed by atoms with Crippen molar-refractivity contribution >= 4 is 5.91 Å². The highest BCUT2D eigenvalue weighted by Crippen LogP contribution is 2.33. The maximum atomic E-state index is 12.3. The van der Waals surface area contributed by atoms with Crippen LogP contribution in [0.25, 0.3) is 0 Å². The van der Waals surface area contributed by atoms with Crippen molar-refractivity contribution in [2.75, 3.05) is 20.3 Å². The van der Waals surface area contributed by atoms with E-state index in [1.54, 1.807) is 12.0 Å². The van der Waals surface area contributed by atoms with Gasteiger partial charge in [-0.2, -0.15) is 0 Å². The van der Waals surface area contributed by atoms with Crippen molar-refractivity contribution in [2.24, 2.45) is 0 Å². The molecule has 19 heavy (non-hydrogen) atoms. The third-order valence-corrected chi connectivity index (χ3v) is 3.22. The van der Waals surface area contributed by atoms with E-state index in [4.69, 9.17) is 9.47 Å². The van der Waals surface area contributed by atoms with Crippen LogP contribution in [0, 0.1) is 0 Å². The van der Waals surface area contributed by atoms with Gasteiger partial charge in [-0.25, -0.2) is 0 Å². The van der Waals surface area contributed by atoms with Crippen molar-refractivity contribution in [1.82, 2.24) is 4.90 Å². The van der Waals surface area contributed by atoms with Crippen LogP contribution in [0.2, 0.25) is 0 Å². The lowest BCUT2D eigenvalue weighted by Gasteiger charge is -2.24. The highest BCUT2D eigenvalue weighted by molar-refractivity contribution is 5.98. The molecule has 1 aliphatic heterocycles. The van der Waals surface area contributed by atoms with Crippen molar-refractivity contribution < 1.29 is 14.3 Å². The average molecular weight is 263 g/mol. The van der Waals surface area contributed by atoms with Crippen molar-refractivity contribution in [3.63, 3.8) is 0 Å². The molecule has 1 atom stereocenters. The molecule has 0 aliphatic carbocycles. The summed E-state index contributed by atoms with van der Waals surface area (Å²) in [7, 11) is 1.64. The number of nitrogens with zero attached hydrogens (tertiary/aromatic N) is 1. The van der Waals surface area contributed by atoms with E-state index in [1.165, 1.54) is 0 Å². The van der Waals surface area contributed by atoms with Crippen molar-refractivity contribution in [3.8, 4) is 0 Å². The van der Waals surface area contributed by atoms with Gasteiger partial charge in [0.1, 0.15) is 0 Å². The number of hydrogen-bond donors (Lipinski definition) is 0. The number of fused-ring (bicyclic) bond motifs is 1. The molecule has 0 unspecified atom stereocenters. The molecule has 0 aromatic heterocycles. The summed E-state index contributed by atoms with van der Waals surface area (Å²) < 4.78 is 11.0. The Morgan fingerprint density at radius 1 is 1.32 bits per heavy atom. The van der Waals surface area contributed by atoms with Crippen LogP contribution in [0.1, 0.15) is 42.4 Å². The van der Waals surface area contributed by atoms with Gasteiger partial charge in [0.25, 0.3) is 5.91 Å². The zero-order chi connectivity index (χ0) is 13.8. The lowest BCUT2D eigenvalue weighted by molar-refractivity contribution is -0.0174. The maximum absolute atomic E-state index is 12.3. The van der Waals surface area contributed by atoms with Gasteiger partial charge in [0.15, 0.2) is 6.23 Å². The fourth-order valence-electron chi connectivity index (χ4n) is 2.36. The summed E-state index contributed by atoms with van der Waals surface area (Å²) in [5.41, 5.74) is 1.71. The van der Waals surface area contributed by atoms with E-state index in [0.717, 1.165) is 17.5 Å². The number of benzene rings is 1. The SMILES string of the molecule is CO[C@@H]1c2ccccc2C(=O)N1CCCOC(C)C. The van der Waals surface area contributed by atoms with Crippen molar-refractivity contribution in [1.29, 1.82) is 0 Å².